The average Bonchev–Trinajstić information content (AvgIpc) is 4.00. The van der Waals surface area contributed by atoms with Crippen molar-refractivity contribution in [1.29, 1.82) is 0 Å². The standard InChI is InChI=1S/C61H54N4O/c1-37-32-41(34-42(33-37)56-55-47-19-12-18-45-49-35-40(38-26-29-61(5,6)30-27-38)22-24-51(49)64(58(45)47)52(55)28-31-62-56)44-17-13-20-53-57(44)63-59(46-16-10-11-21-54(46)66)65(53)50-25-23-43(60(2,3)4)36-48(50)39-14-8-7-9-15-39/h7-25,28,31-36,38,66H,26-27,29-30H2,1-6H3/i38D. The van der Waals surface area contributed by atoms with Gasteiger partial charge in [-0.05, 0) is 138 Å². The minimum Gasteiger partial charge on any atom is -0.507 e. The second kappa shape index (κ2) is 14.9. The van der Waals surface area contributed by atoms with Crippen molar-refractivity contribution in [3.8, 4) is 56.3 Å². The van der Waals surface area contributed by atoms with E-state index in [-0.39, 0.29) is 11.2 Å². The number of imidazole rings is 1. The summed E-state index contributed by atoms with van der Waals surface area (Å²) in [6, 6.07) is 53.7. The lowest BCUT2D eigenvalue weighted by Gasteiger charge is -2.34. The first kappa shape index (κ1) is 39.2. The zero-order chi connectivity index (χ0) is 46.0. The molecule has 7 aromatic carbocycles. The van der Waals surface area contributed by atoms with Crippen LogP contribution in [0.1, 0.15) is 84.3 Å². The molecule has 12 rings (SSSR count). The highest BCUT2D eigenvalue weighted by Gasteiger charge is 2.29. The van der Waals surface area contributed by atoms with E-state index in [0.29, 0.717) is 16.8 Å². The summed E-state index contributed by atoms with van der Waals surface area (Å²) in [5.74, 6) is 0.289. The molecule has 0 radical (unpaired) electrons. The van der Waals surface area contributed by atoms with Gasteiger partial charge in [-0.15, -0.1) is 0 Å². The minimum absolute atomic E-state index is 0.0594. The van der Waals surface area contributed by atoms with Gasteiger partial charge in [-0.25, -0.2) is 4.98 Å². The van der Waals surface area contributed by atoms with E-state index in [0.717, 1.165) is 103 Å². The number of hydrogen-bond donors (Lipinski definition) is 1. The third-order valence-electron chi connectivity index (χ3n) is 14.5. The summed E-state index contributed by atoms with van der Waals surface area (Å²) in [5, 5.41) is 16.2. The average molecular weight is 860 g/mol. The summed E-state index contributed by atoms with van der Waals surface area (Å²) in [6.45, 7) is 13.6. The molecule has 0 unspecified atom stereocenters. The smallest absolute Gasteiger partial charge is 0.149 e. The molecule has 0 saturated heterocycles. The number of rotatable bonds is 6. The fraction of sp³-hybridized carbons (Fsp3) is 0.213. The molecule has 0 amide bonds. The number of benzene rings is 7. The molecule has 0 atom stereocenters. The largest absolute Gasteiger partial charge is 0.507 e. The molecule has 11 aromatic rings. The first-order chi connectivity index (χ1) is 32.3. The minimum atomic E-state index is -0.562. The van der Waals surface area contributed by atoms with Crippen molar-refractivity contribution in [2.45, 2.75) is 78.5 Å². The maximum atomic E-state index is 11.4. The van der Waals surface area contributed by atoms with Gasteiger partial charge in [0.2, 0.25) is 0 Å². The van der Waals surface area contributed by atoms with Gasteiger partial charge in [-0.3, -0.25) is 9.55 Å². The van der Waals surface area contributed by atoms with Crippen LogP contribution in [0.5, 0.6) is 5.75 Å². The number of phenols is 1. The molecule has 1 N–H and O–H groups in total. The number of aryl methyl sites for hydroxylation is 1. The Kier molecular flexibility index (Phi) is 8.84. The van der Waals surface area contributed by atoms with Gasteiger partial charge < -0.3 is 9.51 Å². The molecule has 5 nitrogen and oxygen atoms in total. The second-order valence-electron chi connectivity index (χ2n) is 20.5. The summed E-state index contributed by atoms with van der Waals surface area (Å²) in [6.07, 6.45) is 5.88. The molecule has 1 aliphatic rings. The van der Waals surface area contributed by atoms with Crippen LogP contribution >= 0.6 is 0 Å². The molecule has 324 valence electrons. The van der Waals surface area contributed by atoms with Crippen LogP contribution in [0.4, 0.5) is 0 Å². The van der Waals surface area contributed by atoms with Crippen LogP contribution in [0.15, 0.2) is 158 Å². The van der Waals surface area contributed by atoms with E-state index in [1.54, 1.807) is 6.07 Å². The molecule has 66 heavy (non-hydrogen) atoms. The molecule has 1 saturated carbocycles. The number of nitrogens with zero attached hydrogens (tertiary/aromatic N) is 4. The van der Waals surface area contributed by atoms with Gasteiger partial charge in [-0.1, -0.05) is 126 Å². The zero-order valence-corrected chi connectivity index (χ0v) is 38.6. The van der Waals surface area contributed by atoms with Crippen LogP contribution < -0.4 is 0 Å². The number of hydrogen-bond acceptors (Lipinski definition) is 3. The van der Waals surface area contributed by atoms with Crippen molar-refractivity contribution in [1.82, 2.24) is 18.9 Å². The lowest BCUT2D eigenvalue weighted by molar-refractivity contribution is 0.224. The fourth-order valence-corrected chi connectivity index (χ4v) is 10.9. The summed E-state index contributed by atoms with van der Waals surface area (Å²) in [4.78, 5) is 10.7. The van der Waals surface area contributed by atoms with Gasteiger partial charge in [0.05, 0.1) is 44.5 Å². The summed E-state index contributed by atoms with van der Waals surface area (Å²) in [7, 11) is 0. The number of aromatic hydroxyl groups is 1. The Morgan fingerprint density at radius 3 is 2.20 bits per heavy atom. The SMILES string of the molecule is [2H]C1(c2ccc3c(c2)c2cccc4c5c(-c6cc(C)cc(-c7cccc8c7nc(-c7ccccc7O)n8-c7ccc(C(C)(C)C)cc7-c7ccccc7)c6)nccc5n3c24)CCC(C)(C)CC1. The summed E-state index contributed by atoms with van der Waals surface area (Å²) >= 11 is 0. The Labute approximate surface area is 387 Å². The molecule has 5 heteroatoms. The van der Waals surface area contributed by atoms with E-state index >= 15 is 0 Å². The first-order valence-electron chi connectivity index (χ1n) is 24.0. The van der Waals surface area contributed by atoms with Gasteiger partial charge in [-0.2, -0.15) is 0 Å². The zero-order valence-electron chi connectivity index (χ0n) is 39.6. The monoisotopic (exact) mass is 859 g/mol. The predicted octanol–water partition coefficient (Wildman–Crippen LogP) is 16.2. The molecule has 0 bridgehead atoms. The number of para-hydroxylation sites is 3. The second-order valence-corrected chi connectivity index (χ2v) is 20.5. The van der Waals surface area contributed by atoms with Crippen molar-refractivity contribution in [2.75, 3.05) is 0 Å². The van der Waals surface area contributed by atoms with E-state index in [9.17, 15) is 6.48 Å². The Hall–Kier alpha value is -7.24. The number of aromatic nitrogens is 4. The Bertz CT molecular complexity index is 3750. The lowest BCUT2D eigenvalue weighted by Crippen LogP contribution is -2.20. The van der Waals surface area contributed by atoms with Crippen molar-refractivity contribution in [3.05, 3.63) is 175 Å². The fourth-order valence-electron chi connectivity index (χ4n) is 10.9. The van der Waals surface area contributed by atoms with Crippen LogP contribution in [0.2, 0.25) is 0 Å². The van der Waals surface area contributed by atoms with Crippen LogP contribution in [0.3, 0.4) is 0 Å². The molecule has 0 spiro atoms. The number of fused-ring (bicyclic) bond motifs is 7. The van der Waals surface area contributed by atoms with Crippen LogP contribution in [-0.4, -0.2) is 24.0 Å². The number of pyridine rings is 1. The molecule has 4 aromatic heterocycles. The Morgan fingerprint density at radius 2 is 1.39 bits per heavy atom. The van der Waals surface area contributed by atoms with Crippen LogP contribution in [-0.2, 0) is 5.41 Å². The highest BCUT2D eigenvalue weighted by atomic mass is 16.3. The van der Waals surface area contributed by atoms with E-state index in [2.05, 4.69) is 178 Å². The lowest BCUT2D eigenvalue weighted by atomic mass is 9.71. The van der Waals surface area contributed by atoms with Gasteiger partial charge in [0, 0.05) is 45.8 Å². The highest BCUT2D eigenvalue weighted by Crippen LogP contribution is 2.47. The predicted molar refractivity (Wildman–Crippen MR) is 275 cm³/mol. The Morgan fingerprint density at radius 1 is 0.652 bits per heavy atom. The quantitative estimate of drug-likeness (QED) is 0.181. The molecular weight excluding hydrogens is 805 g/mol. The first-order valence-corrected chi connectivity index (χ1v) is 23.5. The van der Waals surface area contributed by atoms with E-state index in [4.69, 9.17) is 9.97 Å². The number of phenolic OH excluding ortho intramolecular Hbond substituents is 1. The van der Waals surface area contributed by atoms with Gasteiger partial charge in [0.1, 0.15) is 11.6 Å². The molecule has 1 aliphatic carbocycles. The van der Waals surface area contributed by atoms with E-state index in [1.807, 2.05) is 24.4 Å². The van der Waals surface area contributed by atoms with E-state index < -0.39 is 5.89 Å². The Balaban J connectivity index is 1.04. The van der Waals surface area contributed by atoms with Crippen molar-refractivity contribution in [3.63, 3.8) is 0 Å². The third-order valence-corrected chi connectivity index (χ3v) is 14.5. The van der Waals surface area contributed by atoms with Gasteiger partial charge >= 0.3 is 0 Å². The third kappa shape index (κ3) is 6.42. The molecular formula is C61H54N4O. The molecule has 0 aliphatic heterocycles. The summed E-state index contributed by atoms with van der Waals surface area (Å²) in [5.41, 5.74) is 16.9. The van der Waals surface area contributed by atoms with Crippen molar-refractivity contribution < 1.29 is 6.48 Å². The maximum absolute atomic E-state index is 11.4. The van der Waals surface area contributed by atoms with Crippen molar-refractivity contribution >= 4 is 49.1 Å². The summed E-state index contributed by atoms with van der Waals surface area (Å²) < 4.78 is 14.3. The maximum Gasteiger partial charge on any atom is 0.149 e. The van der Waals surface area contributed by atoms with Gasteiger partial charge in [0.25, 0.3) is 0 Å². The van der Waals surface area contributed by atoms with Crippen molar-refractivity contribution in [2.24, 2.45) is 5.41 Å². The molecule has 1 fully saturated rings. The van der Waals surface area contributed by atoms with Crippen LogP contribution in [0, 0.1) is 12.3 Å². The molecule has 4 heterocycles. The normalized spacial score (nSPS) is 15.4. The van der Waals surface area contributed by atoms with E-state index in [1.165, 1.54) is 27.2 Å². The van der Waals surface area contributed by atoms with Crippen LogP contribution in [0.25, 0.3) is 99.7 Å². The topological polar surface area (TPSA) is 55.4 Å². The van der Waals surface area contributed by atoms with Gasteiger partial charge in [0.15, 0.2) is 0 Å². The highest BCUT2D eigenvalue weighted by molar-refractivity contribution is 6.25.